The standard InChI is InChI=1S/C10H18N2O3S/c11-9(14)7-16-4-2-10(15)12-3-1-8(5-12)6-13/h8,13H,1-7H2,(H2,11,14). The summed E-state index contributed by atoms with van der Waals surface area (Å²) in [5.41, 5.74) is 4.98. The molecule has 0 aromatic carbocycles. The number of nitrogens with zero attached hydrogens (tertiary/aromatic N) is 1. The van der Waals surface area contributed by atoms with Crippen LogP contribution in [0.2, 0.25) is 0 Å². The quantitative estimate of drug-likeness (QED) is 0.615. The fourth-order valence-corrected chi connectivity index (χ4v) is 2.36. The lowest BCUT2D eigenvalue weighted by Crippen LogP contribution is -2.29. The van der Waals surface area contributed by atoms with Gasteiger partial charge in [-0.2, -0.15) is 11.8 Å². The van der Waals surface area contributed by atoms with E-state index in [0.29, 0.717) is 18.7 Å². The Morgan fingerprint density at radius 2 is 2.25 bits per heavy atom. The molecule has 0 aromatic heterocycles. The number of hydrogen-bond acceptors (Lipinski definition) is 4. The summed E-state index contributed by atoms with van der Waals surface area (Å²) in [6, 6.07) is 0. The fourth-order valence-electron chi connectivity index (χ4n) is 1.70. The topological polar surface area (TPSA) is 83.6 Å². The van der Waals surface area contributed by atoms with Gasteiger partial charge in [0.05, 0.1) is 5.75 Å². The molecular formula is C10H18N2O3S. The molecule has 0 saturated carbocycles. The molecule has 1 fully saturated rings. The summed E-state index contributed by atoms with van der Waals surface area (Å²) in [5, 5.41) is 8.95. The second-order valence-electron chi connectivity index (χ2n) is 3.95. The van der Waals surface area contributed by atoms with Gasteiger partial charge in [-0.1, -0.05) is 0 Å². The van der Waals surface area contributed by atoms with Crippen molar-refractivity contribution in [3.8, 4) is 0 Å². The van der Waals surface area contributed by atoms with Gasteiger partial charge in [0.25, 0.3) is 0 Å². The average molecular weight is 246 g/mol. The number of hydrogen-bond donors (Lipinski definition) is 2. The van der Waals surface area contributed by atoms with E-state index in [-0.39, 0.29) is 30.1 Å². The van der Waals surface area contributed by atoms with Crippen LogP contribution in [0.4, 0.5) is 0 Å². The third-order valence-corrected chi connectivity index (χ3v) is 3.58. The summed E-state index contributed by atoms with van der Waals surface area (Å²) in [4.78, 5) is 23.9. The maximum atomic E-state index is 11.7. The molecule has 92 valence electrons. The molecule has 5 nitrogen and oxygen atoms in total. The van der Waals surface area contributed by atoms with Crippen molar-refractivity contribution in [3.05, 3.63) is 0 Å². The zero-order chi connectivity index (χ0) is 12.0. The first-order valence-electron chi connectivity index (χ1n) is 5.38. The van der Waals surface area contributed by atoms with Gasteiger partial charge >= 0.3 is 0 Å². The van der Waals surface area contributed by atoms with E-state index in [0.717, 1.165) is 13.0 Å². The number of carbonyl (C=O) groups excluding carboxylic acids is 2. The maximum Gasteiger partial charge on any atom is 0.227 e. The van der Waals surface area contributed by atoms with Crippen LogP contribution in [0.3, 0.4) is 0 Å². The summed E-state index contributed by atoms with van der Waals surface area (Å²) in [6.45, 7) is 1.56. The van der Waals surface area contributed by atoms with Crippen molar-refractivity contribution in [2.75, 3.05) is 31.2 Å². The first kappa shape index (κ1) is 13.3. The summed E-state index contributed by atoms with van der Waals surface area (Å²) in [5.74, 6) is 0.892. The summed E-state index contributed by atoms with van der Waals surface area (Å²) in [6.07, 6.45) is 1.33. The van der Waals surface area contributed by atoms with Crippen LogP contribution < -0.4 is 5.73 Å². The van der Waals surface area contributed by atoms with E-state index >= 15 is 0 Å². The molecule has 1 rings (SSSR count). The molecule has 1 aliphatic heterocycles. The van der Waals surface area contributed by atoms with Crippen molar-refractivity contribution in [1.29, 1.82) is 0 Å². The highest BCUT2D eigenvalue weighted by molar-refractivity contribution is 7.99. The molecule has 0 spiro atoms. The minimum Gasteiger partial charge on any atom is -0.396 e. The van der Waals surface area contributed by atoms with Gasteiger partial charge in [-0.15, -0.1) is 0 Å². The zero-order valence-corrected chi connectivity index (χ0v) is 10.0. The van der Waals surface area contributed by atoms with E-state index in [9.17, 15) is 9.59 Å². The van der Waals surface area contributed by atoms with E-state index < -0.39 is 0 Å². The smallest absolute Gasteiger partial charge is 0.227 e. The molecule has 0 aliphatic carbocycles. The number of likely N-dealkylation sites (tertiary alicyclic amines) is 1. The first-order chi connectivity index (χ1) is 7.63. The number of nitrogens with two attached hydrogens (primary N) is 1. The molecule has 1 heterocycles. The number of carbonyl (C=O) groups is 2. The number of aliphatic hydroxyl groups is 1. The Morgan fingerprint density at radius 3 is 2.81 bits per heavy atom. The highest BCUT2D eigenvalue weighted by Gasteiger charge is 2.24. The van der Waals surface area contributed by atoms with Crippen LogP contribution in [0.5, 0.6) is 0 Å². The molecule has 1 saturated heterocycles. The van der Waals surface area contributed by atoms with Gasteiger partial charge < -0.3 is 15.7 Å². The Labute approximate surface area is 99.4 Å². The van der Waals surface area contributed by atoms with E-state index in [4.69, 9.17) is 10.8 Å². The van der Waals surface area contributed by atoms with E-state index in [1.54, 1.807) is 4.90 Å². The van der Waals surface area contributed by atoms with Gasteiger partial charge in [-0.05, 0) is 6.42 Å². The summed E-state index contributed by atoms with van der Waals surface area (Å²) >= 11 is 1.38. The lowest BCUT2D eigenvalue weighted by atomic mass is 10.1. The monoisotopic (exact) mass is 246 g/mol. The Morgan fingerprint density at radius 1 is 1.50 bits per heavy atom. The normalized spacial score (nSPS) is 20.1. The lowest BCUT2D eigenvalue weighted by Gasteiger charge is -2.15. The third-order valence-electron chi connectivity index (χ3n) is 2.60. The second kappa shape index (κ2) is 6.75. The second-order valence-corrected chi connectivity index (χ2v) is 5.05. The molecule has 3 N–H and O–H groups in total. The molecular weight excluding hydrogens is 228 g/mol. The SMILES string of the molecule is NC(=O)CSCCC(=O)N1CCC(CO)C1. The van der Waals surface area contributed by atoms with Gasteiger partial charge in [0.2, 0.25) is 11.8 Å². The molecule has 2 amide bonds. The van der Waals surface area contributed by atoms with Gasteiger partial charge in [-0.25, -0.2) is 0 Å². The molecule has 0 aromatic rings. The fraction of sp³-hybridized carbons (Fsp3) is 0.800. The Bertz CT molecular complexity index is 260. The number of rotatable bonds is 6. The number of aliphatic hydroxyl groups excluding tert-OH is 1. The van der Waals surface area contributed by atoms with Crippen LogP contribution in [-0.2, 0) is 9.59 Å². The zero-order valence-electron chi connectivity index (χ0n) is 9.22. The minimum absolute atomic E-state index is 0.105. The van der Waals surface area contributed by atoms with E-state index in [1.165, 1.54) is 11.8 Å². The summed E-state index contributed by atoms with van der Waals surface area (Å²) in [7, 11) is 0. The van der Waals surface area contributed by atoms with Crippen molar-refractivity contribution >= 4 is 23.6 Å². The average Bonchev–Trinajstić information content (AvgIpc) is 2.72. The van der Waals surface area contributed by atoms with Crippen molar-refractivity contribution in [2.24, 2.45) is 11.7 Å². The van der Waals surface area contributed by atoms with Crippen LogP contribution in [-0.4, -0.2) is 53.0 Å². The molecule has 16 heavy (non-hydrogen) atoms. The number of amides is 2. The highest BCUT2D eigenvalue weighted by atomic mass is 32.2. The van der Waals surface area contributed by atoms with Crippen LogP contribution in [0.1, 0.15) is 12.8 Å². The predicted molar refractivity (Wildman–Crippen MR) is 62.9 cm³/mol. The van der Waals surface area contributed by atoms with Gasteiger partial charge in [0, 0.05) is 37.8 Å². The van der Waals surface area contributed by atoms with Crippen LogP contribution in [0.25, 0.3) is 0 Å². The number of thioether (sulfide) groups is 1. The maximum absolute atomic E-state index is 11.7. The Kier molecular flexibility index (Phi) is 5.62. The highest BCUT2D eigenvalue weighted by Crippen LogP contribution is 2.16. The number of primary amides is 1. The van der Waals surface area contributed by atoms with Crippen molar-refractivity contribution in [3.63, 3.8) is 0 Å². The van der Waals surface area contributed by atoms with E-state index in [1.807, 2.05) is 0 Å². The molecule has 1 aliphatic rings. The summed E-state index contributed by atoms with van der Waals surface area (Å²) < 4.78 is 0. The van der Waals surface area contributed by atoms with Crippen LogP contribution >= 0.6 is 11.8 Å². The van der Waals surface area contributed by atoms with Gasteiger partial charge in [0.15, 0.2) is 0 Å². The Balaban J connectivity index is 2.13. The van der Waals surface area contributed by atoms with Crippen LogP contribution in [0.15, 0.2) is 0 Å². The molecule has 1 atom stereocenters. The predicted octanol–water partition coefficient (Wildman–Crippen LogP) is -0.564. The molecule has 1 unspecified atom stereocenters. The van der Waals surface area contributed by atoms with Gasteiger partial charge in [-0.3, -0.25) is 9.59 Å². The lowest BCUT2D eigenvalue weighted by molar-refractivity contribution is -0.129. The first-order valence-corrected chi connectivity index (χ1v) is 6.53. The van der Waals surface area contributed by atoms with Gasteiger partial charge in [0.1, 0.15) is 0 Å². The Hall–Kier alpha value is -0.750. The van der Waals surface area contributed by atoms with Crippen molar-refractivity contribution in [2.45, 2.75) is 12.8 Å². The third kappa shape index (κ3) is 4.40. The molecule has 6 heteroatoms. The molecule has 0 radical (unpaired) electrons. The van der Waals surface area contributed by atoms with E-state index in [2.05, 4.69) is 0 Å². The molecule has 0 bridgehead atoms. The minimum atomic E-state index is -0.348. The largest absolute Gasteiger partial charge is 0.396 e. The van der Waals surface area contributed by atoms with Crippen LogP contribution in [0, 0.1) is 5.92 Å². The van der Waals surface area contributed by atoms with Crippen molar-refractivity contribution < 1.29 is 14.7 Å². The van der Waals surface area contributed by atoms with Crippen molar-refractivity contribution in [1.82, 2.24) is 4.90 Å².